The van der Waals surface area contributed by atoms with E-state index in [-0.39, 0.29) is 5.75 Å². The second-order valence-electron chi connectivity index (χ2n) is 11.2. The van der Waals surface area contributed by atoms with Crippen molar-refractivity contribution in [2.24, 2.45) is 0 Å². The van der Waals surface area contributed by atoms with Gasteiger partial charge < -0.3 is 24.6 Å². The second-order valence-corrected chi connectivity index (χ2v) is 13.3. The second kappa shape index (κ2) is 14.1. The highest BCUT2D eigenvalue weighted by molar-refractivity contribution is 7.91. The van der Waals surface area contributed by atoms with Crippen LogP contribution >= 0.6 is 0 Å². The maximum Gasteiger partial charge on any atom is 0.205 e. The summed E-state index contributed by atoms with van der Waals surface area (Å²) in [5.74, 6) is 0.487. The standard InChI is InChI=1S/C31H45NO6S/c1-31(2)37-23-27-21-26(14-15-29(27)38-31)28(33)22-32-16-6-3-4-7-17-36-18-8-5-10-24-12-13-25-11-9-19-39(34,35)30(25)20-24/h12-15,20-21,28,32-33H,3-11,16-19,22-23H2,1-2H3/t28-/m0/s1. The molecule has 0 saturated heterocycles. The molecule has 216 valence electrons. The summed E-state index contributed by atoms with van der Waals surface area (Å²) in [5.41, 5.74) is 3.93. The van der Waals surface area contributed by atoms with Crippen LogP contribution in [0.15, 0.2) is 41.3 Å². The smallest absolute Gasteiger partial charge is 0.205 e. The van der Waals surface area contributed by atoms with Gasteiger partial charge in [-0.2, -0.15) is 0 Å². The molecule has 4 rings (SSSR count). The molecule has 0 amide bonds. The maximum atomic E-state index is 12.3. The van der Waals surface area contributed by atoms with Gasteiger partial charge in [0.1, 0.15) is 5.75 Å². The molecule has 0 aromatic heterocycles. The van der Waals surface area contributed by atoms with Crippen LogP contribution in [0.1, 0.15) is 87.2 Å². The Morgan fingerprint density at radius 3 is 2.64 bits per heavy atom. The molecular weight excluding hydrogens is 514 g/mol. The molecule has 0 unspecified atom stereocenters. The van der Waals surface area contributed by atoms with Crippen LogP contribution in [0.3, 0.4) is 0 Å². The molecule has 2 aromatic rings. The predicted octanol–water partition coefficient (Wildman–Crippen LogP) is 5.27. The number of aliphatic hydroxyl groups excluding tert-OH is 1. The Morgan fingerprint density at radius 2 is 1.79 bits per heavy atom. The van der Waals surface area contributed by atoms with Gasteiger partial charge in [0.15, 0.2) is 9.84 Å². The summed E-state index contributed by atoms with van der Waals surface area (Å²) in [7, 11) is -3.09. The van der Waals surface area contributed by atoms with Crippen molar-refractivity contribution in [3.63, 3.8) is 0 Å². The fourth-order valence-electron chi connectivity index (χ4n) is 5.18. The highest BCUT2D eigenvalue weighted by Crippen LogP contribution is 2.33. The van der Waals surface area contributed by atoms with Crippen molar-refractivity contribution < 1.29 is 27.7 Å². The minimum atomic E-state index is -3.09. The van der Waals surface area contributed by atoms with E-state index in [1.807, 2.05) is 44.2 Å². The lowest BCUT2D eigenvalue weighted by Crippen LogP contribution is -2.35. The molecule has 2 N–H and O–H groups in total. The Kier molecular flexibility index (Phi) is 10.8. The summed E-state index contributed by atoms with van der Waals surface area (Å²) in [6.07, 6.45) is 8.32. The van der Waals surface area contributed by atoms with Crippen LogP contribution in [0.5, 0.6) is 5.75 Å². The zero-order valence-electron chi connectivity index (χ0n) is 23.5. The van der Waals surface area contributed by atoms with E-state index in [2.05, 4.69) is 11.4 Å². The summed E-state index contributed by atoms with van der Waals surface area (Å²) in [4.78, 5) is 0.554. The van der Waals surface area contributed by atoms with Crippen molar-refractivity contribution in [1.82, 2.24) is 5.32 Å². The van der Waals surface area contributed by atoms with Crippen molar-refractivity contribution in [3.05, 3.63) is 58.7 Å². The summed E-state index contributed by atoms with van der Waals surface area (Å²) in [6, 6.07) is 11.8. The molecule has 1 atom stereocenters. The molecular formula is C31H45NO6S. The average molecular weight is 560 g/mol. The predicted molar refractivity (Wildman–Crippen MR) is 153 cm³/mol. The van der Waals surface area contributed by atoms with Crippen molar-refractivity contribution >= 4 is 9.84 Å². The molecule has 2 aliphatic heterocycles. The first kappa shape index (κ1) is 30.0. The lowest BCUT2D eigenvalue weighted by molar-refractivity contribution is -0.180. The van der Waals surface area contributed by atoms with Crippen molar-refractivity contribution in [2.75, 3.05) is 32.1 Å². The number of hydrogen-bond donors (Lipinski definition) is 2. The van der Waals surface area contributed by atoms with E-state index in [1.165, 1.54) is 0 Å². The lowest BCUT2D eigenvalue weighted by Gasteiger charge is -2.33. The molecule has 8 heteroatoms. The quantitative estimate of drug-likeness (QED) is 0.287. The Labute approximate surface area is 234 Å². The van der Waals surface area contributed by atoms with Gasteiger partial charge in [-0.1, -0.05) is 31.0 Å². The molecule has 39 heavy (non-hydrogen) atoms. The van der Waals surface area contributed by atoms with Crippen LogP contribution in [0.4, 0.5) is 0 Å². The van der Waals surface area contributed by atoms with E-state index < -0.39 is 21.7 Å². The number of aryl methyl sites for hydroxylation is 2. The van der Waals surface area contributed by atoms with E-state index in [4.69, 9.17) is 14.2 Å². The Morgan fingerprint density at radius 1 is 1.00 bits per heavy atom. The third kappa shape index (κ3) is 9.02. The highest BCUT2D eigenvalue weighted by atomic mass is 32.2. The van der Waals surface area contributed by atoms with Gasteiger partial charge in [-0.15, -0.1) is 0 Å². The highest BCUT2D eigenvalue weighted by Gasteiger charge is 2.27. The van der Waals surface area contributed by atoms with E-state index >= 15 is 0 Å². The number of benzene rings is 2. The van der Waals surface area contributed by atoms with Crippen LogP contribution in [0.2, 0.25) is 0 Å². The van der Waals surface area contributed by atoms with Gasteiger partial charge in [-0.3, -0.25) is 0 Å². The number of fused-ring (bicyclic) bond motifs is 2. The first-order chi connectivity index (χ1) is 18.7. The minimum absolute atomic E-state index is 0.276. The van der Waals surface area contributed by atoms with Gasteiger partial charge in [-0.25, -0.2) is 8.42 Å². The van der Waals surface area contributed by atoms with Crippen LogP contribution in [0.25, 0.3) is 0 Å². The minimum Gasteiger partial charge on any atom is -0.463 e. The Hall–Kier alpha value is -1.97. The topological polar surface area (TPSA) is 94.1 Å². The monoisotopic (exact) mass is 559 g/mol. The fourth-order valence-corrected chi connectivity index (χ4v) is 6.82. The number of unbranched alkanes of at least 4 members (excludes halogenated alkanes) is 4. The van der Waals surface area contributed by atoms with Crippen molar-refractivity contribution in [2.45, 2.75) is 95.0 Å². The molecule has 2 aliphatic rings. The van der Waals surface area contributed by atoms with Crippen LogP contribution in [-0.2, 0) is 38.8 Å². The normalized spacial score (nSPS) is 18.1. The van der Waals surface area contributed by atoms with E-state index in [9.17, 15) is 13.5 Å². The molecule has 0 radical (unpaired) electrons. The Bertz CT molecular complexity index is 1180. The van der Waals surface area contributed by atoms with Crippen molar-refractivity contribution in [3.8, 4) is 5.75 Å². The van der Waals surface area contributed by atoms with Gasteiger partial charge in [0, 0.05) is 39.2 Å². The number of aliphatic hydroxyl groups is 1. The first-order valence-electron chi connectivity index (χ1n) is 14.5. The molecule has 7 nitrogen and oxygen atoms in total. The summed E-state index contributed by atoms with van der Waals surface area (Å²) in [5, 5.41) is 13.9. The van der Waals surface area contributed by atoms with Gasteiger partial charge in [0.2, 0.25) is 5.79 Å². The maximum absolute atomic E-state index is 12.3. The number of rotatable bonds is 15. The molecule has 0 bridgehead atoms. The molecule has 0 fully saturated rings. The third-order valence-corrected chi connectivity index (χ3v) is 9.34. The van der Waals surface area contributed by atoms with Crippen LogP contribution in [-0.4, -0.2) is 51.4 Å². The number of ether oxygens (including phenoxy) is 3. The van der Waals surface area contributed by atoms with Crippen LogP contribution < -0.4 is 10.1 Å². The lowest BCUT2D eigenvalue weighted by atomic mass is 10.0. The van der Waals surface area contributed by atoms with Crippen LogP contribution in [0, 0.1) is 0 Å². The molecule has 0 spiro atoms. The fraction of sp³-hybridized carbons (Fsp3) is 0.613. The van der Waals surface area contributed by atoms with Gasteiger partial charge in [-0.05, 0) is 86.4 Å². The van der Waals surface area contributed by atoms with E-state index in [1.54, 1.807) is 0 Å². The summed E-state index contributed by atoms with van der Waals surface area (Å²) in [6.45, 7) is 7.23. The molecule has 2 heterocycles. The zero-order valence-corrected chi connectivity index (χ0v) is 24.4. The largest absolute Gasteiger partial charge is 0.463 e. The SMILES string of the molecule is CC1(C)OCc2cc([C@@H](O)CNCCCCCCOCCCCc3ccc4c(c3)S(=O)(=O)CCC4)ccc2O1. The molecule has 2 aromatic carbocycles. The zero-order chi connectivity index (χ0) is 27.7. The van der Waals surface area contributed by atoms with Gasteiger partial charge in [0.25, 0.3) is 0 Å². The van der Waals surface area contributed by atoms with Gasteiger partial charge in [0.05, 0.1) is 23.4 Å². The van der Waals surface area contributed by atoms with E-state index in [0.29, 0.717) is 18.0 Å². The molecule has 0 aliphatic carbocycles. The Balaban J connectivity index is 0.985. The third-order valence-electron chi connectivity index (χ3n) is 7.46. The summed E-state index contributed by atoms with van der Waals surface area (Å²) < 4.78 is 41.9. The number of hydrogen-bond acceptors (Lipinski definition) is 7. The van der Waals surface area contributed by atoms with Crippen molar-refractivity contribution in [1.29, 1.82) is 0 Å². The molecule has 0 saturated carbocycles. The number of sulfone groups is 1. The summed E-state index contributed by atoms with van der Waals surface area (Å²) >= 11 is 0. The number of nitrogens with one attached hydrogen (secondary N) is 1. The van der Waals surface area contributed by atoms with Gasteiger partial charge >= 0.3 is 0 Å². The first-order valence-corrected chi connectivity index (χ1v) is 16.2. The average Bonchev–Trinajstić information content (AvgIpc) is 2.90. The van der Waals surface area contributed by atoms with E-state index in [0.717, 1.165) is 106 Å².